The third kappa shape index (κ3) is 7.45. The summed E-state index contributed by atoms with van der Waals surface area (Å²) < 4.78 is 12.8. The van der Waals surface area contributed by atoms with Crippen LogP contribution in [0.25, 0.3) is 0 Å². The first-order chi connectivity index (χ1) is 13.4. The summed E-state index contributed by atoms with van der Waals surface area (Å²) in [4.78, 5) is 2.19. The quantitative estimate of drug-likeness (QED) is 0.406. The molecule has 1 N–H and O–H groups in total. The zero-order valence-corrected chi connectivity index (χ0v) is 19.6. The molecule has 0 amide bonds. The van der Waals surface area contributed by atoms with Crippen molar-refractivity contribution in [3.8, 4) is 11.5 Å². The Balaban J connectivity index is 2.03. The fourth-order valence-electron chi connectivity index (χ4n) is 2.63. The Kier molecular flexibility index (Phi) is 9.89. The van der Waals surface area contributed by atoms with E-state index in [0.29, 0.717) is 29.0 Å². The number of nitrogens with one attached hydrogen (secondary N) is 1. The minimum absolute atomic E-state index is 0.380. The predicted molar refractivity (Wildman–Crippen MR) is 121 cm³/mol. The van der Waals surface area contributed by atoms with E-state index in [4.69, 9.17) is 32.7 Å². The van der Waals surface area contributed by atoms with Gasteiger partial charge < -0.3 is 19.7 Å². The number of hydrogen-bond acceptors (Lipinski definition) is 4. The second kappa shape index (κ2) is 11.9. The van der Waals surface area contributed by atoms with Gasteiger partial charge in [0.15, 0.2) is 11.5 Å². The van der Waals surface area contributed by atoms with Gasteiger partial charge in [0.1, 0.15) is 6.61 Å². The zero-order valence-electron chi connectivity index (χ0n) is 16.5. The van der Waals surface area contributed by atoms with E-state index in [1.165, 1.54) is 0 Å². The number of nitrogens with zero attached hydrogens (tertiary/aromatic N) is 1. The zero-order chi connectivity index (χ0) is 20.5. The molecule has 0 aromatic heterocycles. The van der Waals surface area contributed by atoms with Crippen LogP contribution in [-0.2, 0) is 13.2 Å². The molecule has 0 atom stereocenters. The number of hydrogen-bond donors (Lipinski definition) is 1. The topological polar surface area (TPSA) is 33.7 Å². The van der Waals surface area contributed by atoms with Crippen LogP contribution in [-0.4, -0.2) is 38.7 Å². The third-order valence-electron chi connectivity index (χ3n) is 4.07. The summed E-state index contributed by atoms with van der Waals surface area (Å²) in [7, 11) is 4.17. The lowest BCUT2D eigenvalue weighted by Gasteiger charge is -2.16. The van der Waals surface area contributed by atoms with E-state index >= 15 is 0 Å². The first-order valence-electron chi connectivity index (χ1n) is 9.28. The van der Waals surface area contributed by atoms with Gasteiger partial charge in [0.05, 0.1) is 16.7 Å². The van der Waals surface area contributed by atoms with Crippen LogP contribution in [0.5, 0.6) is 11.5 Å². The number of rotatable bonds is 11. The van der Waals surface area contributed by atoms with Crippen LogP contribution in [0.4, 0.5) is 0 Å². The summed E-state index contributed by atoms with van der Waals surface area (Å²) in [6.45, 7) is 5.71. The van der Waals surface area contributed by atoms with Gasteiger partial charge in [-0.05, 0) is 75.9 Å². The molecule has 0 bridgehead atoms. The van der Waals surface area contributed by atoms with Crippen molar-refractivity contribution in [3.05, 3.63) is 56.0 Å². The molecular weight excluding hydrogens is 463 g/mol. The summed E-state index contributed by atoms with van der Waals surface area (Å²) in [6.07, 6.45) is 1.10. The van der Waals surface area contributed by atoms with E-state index in [1.807, 2.05) is 31.2 Å². The minimum atomic E-state index is 0.380. The molecule has 154 valence electrons. The lowest BCUT2D eigenvalue weighted by Crippen LogP contribution is -2.21. The molecule has 4 nitrogen and oxygen atoms in total. The highest BCUT2D eigenvalue weighted by molar-refractivity contribution is 9.10. The minimum Gasteiger partial charge on any atom is -0.490 e. The van der Waals surface area contributed by atoms with Crippen LogP contribution in [0.15, 0.2) is 34.8 Å². The van der Waals surface area contributed by atoms with Crippen LogP contribution >= 0.6 is 39.1 Å². The van der Waals surface area contributed by atoms with Crippen molar-refractivity contribution in [2.45, 2.75) is 26.5 Å². The summed E-state index contributed by atoms with van der Waals surface area (Å²) in [5.74, 6) is 1.42. The van der Waals surface area contributed by atoms with Gasteiger partial charge in [-0.2, -0.15) is 0 Å². The Hall–Kier alpha value is -0.980. The van der Waals surface area contributed by atoms with Crippen molar-refractivity contribution >= 4 is 39.1 Å². The normalized spacial score (nSPS) is 11.1. The van der Waals surface area contributed by atoms with Crippen LogP contribution in [0.3, 0.4) is 0 Å². The van der Waals surface area contributed by atoms with Gasteiger partial charge in [-0.3, -0.25) is 0 Å². The van der Waals surface area contributed by atoms with Crippen molar-refractivity contribution in [2.75, 3.05) is 33.8 Å². The van der Waals surface area contributed by atoms with E-state index in [1.54, 1.807) is 6.07 Å². The monoisotopic (exact) mass is 488 g/mol. The molecular formula is C21H27BrCl2N2O2. The van der Waals surface area contributed by atoms with Crippen molar-refractivity contribution in [2.24, 2.45) is 0 Å². The van der Waals surface area contributed by atoms with Crippen LogP contribution in [0.1, 0.15) is 24.5 Å². The molecule has 2 aromatic rings. The second-order valence-electron chi connectivity index (χ2n) is 6.69. The average molecular weight is 490 g/mol. The molecule has 0 radical (unpaired) electrons. The molecule has 0 spiro atoms. The Labute approximate surface area is 186 Å². The molecule has 2 rings (SSSR count). The van der Waals surface area contributed by atoms with E-state index in [9.17, 15) is 0 Å². The van der Waals surface area contributed by atoms with Gasteiger partial charge in [0, 0.05) is 11.0 Å². The van der Waals surface area contributed by atoms with Gasteiger partial charge in [-0.1, -0.05) is 45.2 Å². The maximum atomic E-state index is 6.08. The smallest absolute Gasteiger partial charge is 0.162 e. The molecule has 0 aliphatic heterocycles. The second-order valence-corrected chi connectivity index (χ2v) is 8.36. The van der Waals surface area contributed by atoms with Crippen molar-refractivity contribution < 1.29 is 9.47 Å². The molecule has 2 aromatic carbocycles. The summed E-state index contributed by atoms with van der Waals surface area (Å²) in [5.41, 5.74) is 2.08. The molecule has 0 heterocycles. The molecule has 0 saturated heterocycles. The molecule has 0 aliphatic carbocycles. The summed E-state index contributed by atoms with van der Waals surface area (Å²) in [5, 5.41) is 4.53. The van der Waals surface area contributed by atoms with Crippen LogP contribution < -0.4 is 14.8 Å². The van der Waals surface area contributed by atoms with Gasteiger partial charge in [-0.25, -0.2) is 0 Å². The van der Waals surface area contributed by atoms with Gasteiger partial charge in [0.2, 0.25) is 0 Å². The fraction of sp³-hybridized carbons (Fsp3) is 0.429. The highest BCUT2D eigenvalue weighted by Gasteiger charge is 2.12. The Morgan fingerprint density at radius 2 is 1.79 bits per heavy atom. The number of halogens is 3. The van der Waals surface area contributed by atoms with Gasteiger partial charge in [-0.15, -0.1) is 0 Å². The largest absolute Gasteiger partial charge is 0.490 e. The third-order valence-corrected chi connectivity index (χ3v) is 5.54. The Bertz CT molecular complexity index is 772. The molecule has 0 aliphatic rings. The van der Waals surface area contributed by atoms with E-state index in [-0.39, 0.29) is 0 Å². The van der Waals surface area contributed by atoms with Crippen molar-refractivity contribution in [1.82, 2.24) is 10.2 Å². The summed E-state index contributed by atoms with van der Waals surface area (Å²) >= 11 is 15.7. The van der Waals surface area contributed by atoms with Gasteiger partial charge >= 0.3 is 0 Å². The lowest BCUT2D eigenvalue weighted by atomic mass is 10.2. The molecule has 0 fully saturated rings. The Morgan fingerprint density at radius 1 is 1.04 bits per heavy atom. The molecule has 0 unspecified atom stereocenters. The molecule has 0 saturated carbocycles. The SMILES string of the molecule is CCOc1cc(CNCCCN(C)C)c(Br)cc1OCc1ccc(Cl)c(Cl)c1. The standard InChI is InChI=1S/C21H27BrCl2N2O2/c1-4-27-20-11-16(13-25-8-5-9-26(2)3)17(22)12-21(20)28-14-15-6-7-18(23)19(24)10-15/h6-7,10-12,25H,4-5,8-9,13-14H2,1-3H3. The fourth-order valence-corrected chi connectivity index (χ4v) is 3.41. The molecule has 28 heavy (non-hydrogen) atoms. The van der Waals surface area contributed by atoms with E-state index < -0.39 is 0 Å². The van der Waals surface area contributed by atoms with Crippen LogP contribution in [0.2, 0.25) is 10.0 Å². The Morgan fingerprint density at radius 3 is 2.46 bits per heavy atom. The number of ether oxygens (including phenoxy) is 2. The highest BCUT2D eigenvalue weighted by atomic mass is 79.9. The maximum absolute atomic E-state index is 6.08. The number of benzene rings is 2. The maximum Gasteiger partial charge on any atom is 0.162 e. The predicted octanol–water partition coefficient (Wildman–Crippen LogP) is 5.77. The van der Waals surface area contributed by atoms with E-state index in [0.717, 1.165) is 47.4 Å². The highest BCUT2D eigenvalue weighted by Crippen LogP contribution is 2.34. The van der Waals surface area contributed by atoms with Crippen molar-refractivity contribution in [1.29, 1.82) is 0 Å². The first kappa shape index (κ1) is 23.3. The van der Waals surface area contributed by atoms with Crippen LogP contribution in [0, 0.1) is 0 Å². The van der Waals surface area contributed by atoms with Crippen molar-refractivity contribution in [3.63, 3.8) is 0 Å². The summed E-state index contributed by atoms with van der Waals surface area (Å²) in [6, 6.07) is 9.46. The first-order valence-corrected chi connectivity index (χ1v) is 10.8. The lowest BCUT2D eigenvalue weighted by molar-refractivity contribution is 0.269. The molecule has 7 heteroatoms. The van der Waals surface area contributed by atoms with Gasteiger partial charge in [0.25, 0.3) is 0 Å². The van der Waals surface area contributed by atoms with E-state index in [2.05, 4.69) is 40.2 Å². The average Bonchev–Trinajstić information content (AvgIpc) is 2.65.